The summed E-state index contributed by atoms with van der Waals surface area (Å²) >= 11 is 0. The second-order valence-corrected chi connectivity index (χ2v) is 7.00. The molecule has 5 nitrogen and oxygen atoms in total. The van der Waals surface area contributed by atoms with E-state index in [0.717, 1.165) is 30.5 Å². The largest absolute Gasteiger partial charge is 0.309 e. The summed E-state index contributed by atoms with van der Waals surface area (Å²) in [6.07, 6.45) is 14.3. The smallest absolute Gasteiger partial charge is 0.228 e. The zero-order chi connectivity index (χ0) is 16.5. The van der Waals surface area contributed by atoms with E-state index in [1.165, 1.54) is 6.42 Å². The zero-order valence-corrected chi connectivity index (χ0v) is 13.9. The van der Waals surface area contributed by atoms with Gasteiger partial charge in [-0.3, -0.25) is 9.78 Å². The number of hydrogen-bond donors (Lipinski definition) is 1. The maximum Gasteiger partial charge on any atom is 0.228 e. The number of anilines is 1. The number of nitrogens with one attached hydrogen (secondary N) is 1. The molecule has 0 aliphatic heterocycles. The number of fused-ring (bicyclic) bond motifs is 2. The minimum atomic E-state index is 0.0987. The minimum Gasteiger partial charge on any atom is -0.309 e. The number of pyridine rings is 1. The van der Waals surface area contributed by atoms with Crippen LogP contribution >= 0.6 is 0 Å². The summed E-state index contributed by atoms with van der Waals surface area (Å²) in [7, 11) is 0. The van der Waals surface area contributed by atoms with Gasteiger partial charge >= 0.3 is 0 Å². The molecule has 0 radical (unpaired) electrons. The van der Waals surface area contributed by atoms with E-state index in [-0.39, 0.29) is 11.8 Å². The van der Waals surface area contributed by atoms with Crippen LogP contribution in [0.1, 0.15) is 31.2 Å². The molecule has 3 atom stereocenters. The normalized spacial score (nSPS) is 25.5. The Morgan fingerprint density at radius 1 is 1.33 bits per heavy atom. The topological polar surface area (TPSA) is 59.8 Å². The molecular weight excluding hydrogens is 300 g/mol. The quantitative estimate of drug-likeness (QED) is 0.880. The molecule has 1 amide bonds. The van der Waals surface area contributed by atoms with E-state index in [1.807, 2.05) is 25.3 Å². The van der Waals surface area contributed by atoms with E-state index >= 15 is 0 Å². The van der Waals surface area contributed by atoms with Gasteiger partial charge in [-0.2, -0.15) is 0 Å². The first-order valence-electron chi connectivity index (χ1n) is 8.63. The SMILES string of the molecule is Cc1cn(-c2cccnc2)nc1NC(=O)[C@H]1C[C@H]2C=CC[C@H](C2)C1. The van der Waals surface area contributed by atoms with Gasteiger partial charge in [-0.15, -0.1) is 5.10 Å². The highest BCUT2D eigenvalue weighted by molar-refractivity contribution is 5.92. The molecule has 1 saturated carbocycles. The number of hydrogen-bond acceptors (Lipinski definition) is 3. The Balaban J connectivity index is 1.48. The van der Waals surface area contributed by atoms with Crippen molar-refractivity contribution in [3.8, 4) is 5.69 Å². The second kappa shape index (κ2) is 6.23. The van der Waals surface area contributed by atoms with E-state index in [1.54, 1.807) is 17.1 Å². The van der Waals surface area contributed by atoms with Gasteiger partial charge in [-0.05, 0) is 56.6 Å². The fraction of sp³-hybridized carbons (Fsp3) is 0.421. The fourth-order valence-electron chi connectivity index (χ4n) is 3.94. The van der Waals surface area contributed by atoms with Crippen LogP contribution in [-0.2, 0) is 4.79 Å². The van der Waals surface area contributed by atoms with Crippen molar-refractivity contribution in [3.63, 3.8) is 0 Å². The predicted octanol–water partition coefficient (Wildman–Crippen LogP) is 3.51. The summed E-state index contributed by atoms with van der Waals surface area (Å²) in [4.78, 5) is 16.8. The van der Waals surface area contributed by atoms with Crippen molar-refractivity contribution < 1.29 is 4.79 Å². The molecule has 124 valence electrons. The molecule has 0 unspecified atom stereocenters. The number of carbonyl (C=O) groups excluding carboxylic acids is 1. The van der Waals surface area contributed by atoms with Crippen LogP contribution in [0.3, 0.4) is 0 Å². The Morgan fingerprint density at radius 2 is 2.25 bits per heavy atom. The summed E-state index contributed by atoms with van der Waals surface area (Å²) in [5.74, 6) is 2.09. The monoisotopic (exact) mass is 322 g/mol. The average molecular weight is 322 g/mol. The molecule has 2 aliphatic rings. The van der Waals surface area contributed by atoms with Gasteiger partial charge in [-0.1, -0.05) is 12.2 Å². The minimum absolute atomic E-state index is 0.0987. The number of amides is 1. The highest BCUT2D eigenvalue weighted by Crippen LogP contribution is 2.39. The lowest BCUT2D eigenvalue weighted by Crippen LogP contribution is -2.32. The van der Waals surface area contributed by atoms with Gasteiger partial charge in [0.15, 0.2) is 5.82 Å². The molecule has 2 aliphatic carbocycles. The number of carbonyl (C=O) groups is 1. The Morgan fingerprint density at radius 3 is 3.04 bits per heavy atom. The van der Waals surface area contributed by atoms with Crippen LogP contribution in [0.2, 0.25) is 0 Å². The van der Waals surface area contributed by atoms with Gasteiger partial charge in [0.05, 0.1) is 11.9 Å². The Bertz CT molecular complexity index is 765. The number of aromatic nitrogens is 3. The Kier molecular flexibility index (Phi) is 3.92. The van der Waals surface area contributed by atoms with Gasteiger partial charge < -0.3 is 5.32 Å². The fourth-order valence-corrected chi connectivity index (χ4v) is 3.94. The molecule has 2 bridgehead atoms. The maximum absolute atomic E-state index is 12.7. The van der Waals surface area contributed by atoms with Crippen molar-refractivity contribution in [1.29, 1.82) is 0 Å². The number of nitrogens with zero attached hydrogens (tertiary/aromatic N) is 3. The zero-order valence-electron chi connectivity index (χ0n) is 13.9. The van der Waals surface area contributed by atoms with E-state index in [0.29, 0.717) is 17.7 Å². The maximum atomic E-state index is 12.7. The molecule has 24 heavy (non-hydrogen) atoms. The van der Waals surface area contributed by atoms with Gasteiger partial charge in [0.1, 0.15) is 0 Å². The average Bonchev–Trinajstić information content (AvgIpc) is 2.96. The third-order valence-corrected chi connectivity index (χ3v) is 5.14. The molecule has 4 rings (SSSR count). The highest BCUT2D eigenvalue weighted by atomic mass is 16.2. The van der Waals surface area contributed by atoms with E-state index in [9.17, 15) is 4.79 Å². The first-order chi connectivity index (χ1) is 11.7. The second-order valence-electron chi connectivity index (χ2n) is 7.00. The van der Waals surface area contributed by atoms with E-state index in [2.05, 4.69) is 27.6 Å². The summed E-state index contributed by atoms with van der Waals surface area (Å²) in [6.45, 7) is 1.97. The summed E-state index contributed by atoms with van der Waals surface area (Å²) in [6, 6.07) is 3.82. The van der Waals surface area contributed by atoms with Crippen molar-refractivity contribution in [2.45, 2.75) is 32.6 Å². The Labute approximate surface area is 141 Å². The lowest BCUT2D eigenvalue weighted by Gasteiger charge is -2.35. The molecule has 0 saturated heterocycles. The summed E-state index contributed by atoms with van der Waals surface area (Å²) < 4.78 is 1.76. The summed E-state index contributed by atoms with van der Waals surface area (Å²) in [5, 5.41) is 7.56. The number of rotatable bonds is 3. The predicted molar refractivity (Wildman–Crippen MR) is 92.8 cm³/mol. The lowest BCUT2D eigenvalue weighted by atomic mass is 9.71. The van der Waals surface area contributed by atoms with Gasteiger partial charge in [0.25, 0.3) is 0 Å². The Hall–Kier alpha value is -2.43. The van der Waals surface area contributed by atoms with Gasteiger partial charge in [0.2, 0.25) is 5.91 Å². The molecule has 2 aromatic heterocycles. The molecule has 0 spiro atoms. The first kappa shape index (κ1) is 15.1. The molecule has 0 aromatic carbocycles. The van der Waals surface area contributed by atoms with Crippen LogP contribution < -0.4 is 5.32 Å². The van der Waals surface area contributed by atoms with Crippen LogP contribution in [0.5, 0.6) is 0 Å². The molecular formula is C19H22N4O. The van der Waals surface area contributed by atoms with E-state index in [4.69, 9.17) is 0 Å². The van der Waals surface area contributed by atoms with Gasteiger partial charge in [0, 0.05) is 23.9 Å². The van der Waals surface area contributed by atoms with Crippen molar-refractivity contribution in [2.24, 2.45) is 17.8 Å². The first-order valence-corrected chi connectivity index (χ1v) is 8.63. The molecule has 2 heterocycles. The molecule has 2 aromatic rings. The van der Waals surface area contributed by atoms with Gasteiger partial charge in [-0.25, -0.2) is 4.68 Å². The number of aryl methyl sites for hydroxylation is 1. The van der Waals surface area contributed by atoms with E-state index < -0.39 is 0 Å². The molecule has 1 N–H and O–H groups in total. The van der Waals surface area contributed by atoms with Crippen LogP contribution in [0.15, 0.2) is 42.9 Å². The van der Waals surface area contributed by atoms with Crippen LogP contribution in [-0.4, -0.2) is 20.7 Å². The molecule has 1 fully saturated rings. The third-order valence-electron chi connectivity index (χ3n) is 5.14. The lowest BCUT2D eigenvalue weighted by molar-refractivity contribution is -0.121. The molecule has 5 heteroatoms. The third kappa shape index (κ3) is 2.98. The standard InChI is InChI=1S/C19H22N4O/c1-13-12-23(17-6-3-7-20-11-17)22-18(13)21-19(24)16-9-14-4-2-5-15(8-14)10-16/h2-4,6-7,11-12,14-16H,5,8-10H2,1H3,(H,21,22,24)/t14-,15+,16-/m0/s1. The van der Waals surface area contributed by atoms with Crippen LogP contribution in [0.4, 0.5) is 5.82 Å². The van der Waals surface area contributed by atoms with Crippen molar-refractivity contribution in [3.05, 3.63) is 48.4 Å². The van der Waals surface area contributed by atoms with Crippen molar-refractivity contribution in [2.75, 3.05) is 5.32 Å². The summed E-state index contributed by atoms with van der Waals surface area (Å²) in [5.41, 5.74) is 1.85. The van der Waals surface area contributed by atoms with Crippen molar-refractivity contribution in [1.82, 2.24) is 14.8 Å². The highest BCUT2D eigenvalue weighted by Gasteiger charge is 2.33. The number of allylic oxidation sites excluding steroid dienone is 2. The van der Waals surface area contributed by atoms with Crippen LogP contribution in [0, 0.1) is 24.7 Å². The van der Waals surface area contributed by atoms with Crippen LogP contribution in [0.25, 0.3) is 5.69 Å². The van der Waals surface area contributed by atoms with Crippen molar-refractivity contribution >= 4 is 11.7 Å².